The molecule has 0 spiro atoms. The van der Waals surface area contributed by atoms with Crippen molar-refractivity contribution < 1.29 is 14.7 Å². The predicted molar refractivity (Wildman–Crippen MR) is 66.1 cm³/mol. The molecule has 3 rings (SSSR count). The van der Waals surface area contributed by atoms with Gasteiger partial charge in [-0.2, -0.15) is 0 Å². The van der Waals surface area contributed by atoms with Crippen LogP contribution >= 0.6 is 0 Å². The van der Waals surface area contributed by atoms with Gasteiger partial charge in [-0.3, -0.25) is 9.59 Å². The molecule has 2 fully saturated rings. The number of ketones is 1. The van der Waals surface area contributed by atoms with Crippen molar-refractivity contribution >= 4 is 11.8 Å². The van der Waals surface area contributed by atoms with E-state index in [0.717, 1.165) is 12.0 Å². The lowest BCUT2D eigenvalue weighted by Crippen LogP contribution is -2.25. The van der Waals surface area contributed by atoms with Gasteiger partial charge in [0.25, 0.3) is 0 Å². The lowest BCUT2D eigenvalue weighted by atomic mass is 9.80. The normalized spacial score (nSPS) is 35.1. The highest BCUT2D eigenvalue weighted by atomic mass is 16.4. The van der Waals surface area contributed by atoms with Gasteiger partial charge in [0.1, 0.15) is 5.78 Å². The Morgan fingerprint density at radius 3 is 2.61 bits per heavy atom. The third kappa shape index (κ3) is 1.25. The quantitative estimate of drug-likeness (QED) is 0.888. The van der Waals surface area contributed by atoms with Crippen LogP contribution in [0.3, 0.4) is 0 Å². The summed E-state index contributed by atoms with van der Waals surface area (Å²) in [6.45, 7) is 1.99. The molecule has 3 heteroatoms. The zero-order valence-electron chi connectivity index (χ0n) is 10.3. The van der Waals surface area contributed by atoms with E-state index in [1.54, 1.807) is 0 Å². The van der Waals surface area contributed by atoms with E-state index in [4.69, 9.17) is 0 Å². The molecule has 1 unspecified atom stereocenters. The minimum absolute atomic E-state index is 0.000185. The van der Waals surface area contributed by atoms with Gasteiger partial charge in [0, 0.05) is 6.42 Å². The number of aliphatic carboxylic acids is 1. The van der Waals surface area contributed by atoms with E-state index in [2.05, 4.69) is 0 Å². The molecule has 3 nitrogen and oxygen atoms in total. The fourth-order valence-corrected chi connectivity index (χ4v) is 4.00. The van der Waals surface area contributed by atoms with Crippen LogP contribution in [0, 0.1) is 17.3 Å². The number of Topliss-reactive ketones (excluding diaryl/α,β-unsaturated/α-hetero) is 1. The topological polar surface area (TPSA) is 54.4 Å². The highest BCUT2D eigenvalue weighted by Gasteiger charge is 2.76. The Balaban J connectivity index is 1.99. The molecule has 0 bridgehead atoms. The Morgan fingerprint density at radius 2 is 2.06 bits per heavy atom. The van der Waals surface area contributed by atoms with Crippen molar-refractivity contribution in [2.45, 2.75) is 25.7 Å². The number of carboxylic acid groups (broad SMARTS) is 1. The van der Waals surface area contributed by atoms with E-state index in [1.807, 2.05) is 37.3 Å². The van der Waals surface area contributed by atoms with Crippen molar-refractivity contribution in [3.63, 3.8) is 0 Å². The van der Waals surface area contributed by atoms with Crippen LogP contribution in [-0.2, 0) is 9.59 Å². The van der Waals surface area contributed by atoms with Gasteiger partial charge in [0.15, 0.2) is 0 Å². The molecule has 0 heterocycles. The number of hydrogen-bond donors (Lipinski definition) is 1. The second-order valence-electron chi connectivity index (χ2n) is 5.45. The molecule has 4 atom stereocenters. The molecule has 0 aromatic heterocycles. The zero-order chi connectivity index (χ0) is 12.9. The second-order valence-corrected chi connectivity index (χ2v) is 5.45. The fraction of sp³-hybridized carbons (Fsp3) is 0.467. The molecule has 18 heavy (non-hydrogen) atoms. The van der Waals surface area contributed by atoms with Gasteiger partial charge in [-0.05, 0) is 23.8 Å². The van der Waals surface area contributed by atoms with Crippen LogP contribution < -0.4 is 0 Å². The van der Waals surface area contributed by atoms with Crippen LogP contribution in [0.25, 0.3) is 0 Å². The summed E-state index contributed by atoms with van der Waals surface area (Å²) < 4.78 is 0. The Kier molecular flexibility index (Phi) is 2.34. The highest BCUT2D eigenvalue weighted by molar-refractivity contribution is 5.99. The monoisotopic (exact) mass is 244 g/mol. The van der Waals surface area contributed by atoms with E-state index < -0.39 is 17.3 Å². The van der Waals surface area contributed by atoms with Gasteiger partial charge < -0.3 is 5.11 Å². The van der Waals surface area contributed by atoms with E-state index in [0.29, 0.717) is 6.42 Å². The van der Waals surface area contributed by atoms with Crippen LogP contribution in [0.5, 0.6) is 0 Å². The van der Waals surface area contributed by atoms with E-state index in [-0.39, 0.29) is 17.6 Å². The molecule has 0 radical (unpaired) electrons. The molecule has 0 saturated heterocycles. The molecule has 1 aromatic carbocycles. The minimum Gasteiger partial charge on any atom is -0.481 e. The van der Waals surface area contributed by atoms with E-state index in [1.165, 1.54) is 0 Å². The molecular formula is C15H16O3. The van der Waals surface area contributed by atoms with Crippen molar-refractivity contribution in [1.29, 1.82) is 0 Å². The maximum Gasteiger partial charge on any atom is 0.307 e. The first-order chi connectivity index (χ1) is 8.60. The fourth-order valence-electron chi connectivity index (χ4n) is 4.00. The minimum atomic E-state index is -0.809. The first-order valence-corrected chi connectivity index (χ1v) is 6.41. The van der Waals surface area contributed by atoms with E-state index >= 15 is 0 Å². The number of carbonyl (C=O) groups is 2. The van der Waals surface area contributed by atoms with Crippen LogP contribution in [0.4, 0.5) is 0 Å². The first-order valence-electron chi connectivity index (χ1n) is 6.41. The number of fused-ring (bicyclic) bond motifs is 1. The molecule has 2 aliphatic carbocycles. The van der Waals surface area contributed by atoms with Crippen molar-refractivity contribution in [3.05, 3.63) is 35.9 Å². The number of rotatable bonds is 3. The largest absolute Gasteiger partial charge is 0.481 e. The average Bonchev–Trinajstić information content (AvgIpc) is 2.96. The second kappa shape index (κ2) is 3.67. The molecule has 94 valence electrons. The molecule has 2 aliphatic rings. The van der Waals surface area contributed by atoms with E-state index in [9.17, 15) is 14.7 Å². The van der Waals surface area contributed by atoms with Crippen molar-refractivity contribution in [2.75, 3.05) is 0 Å². The van der Waals surface area contributed by atoms with Gasteiger partial charge in [-0.25, -0.2) is 0 Å². The summed E-state index contributed by atoms with van der Waals surface area (Å²) in [6.07, 6.45) is 1.29. The number of hydrogen-bond acceptors (Lipinski definition) is 2. The van der Waals surface area contributed by atoms with Crippen molar-refractivity contribution in [2.24, 2.45) is 17.3 Å². The third-order valence-electron chi connectivity index (χ3n) is 4.87. The summed E-state index contributed by atoms with van der Waals surface area (Å²) in [7, 11) is 0. The molecular weight excluding hydrogens is 228 g/mol. The average molecular weight is 244 g/mol. The van der Waals surface area contributed by atoms with Crippen LogP contribution in [0.15, 0.2) is 30.3 Å². The number of carbonyl (C=O) groups excluding carboxylic acids is 1. The molecule has 2 saturated carbocycles. The standard InChI is InChI=1S/C15H16O3/c1-9(10-5-3-2-4-6-10)15-11(7-8-12(15)16)13(15)14(17)18/h2-6,9,11,13H,7-8H2,1H3,(H,17,18)/t9?,11-,13-,15+/m1/s1. The lowest BCUT2D eigenvalue weighted by Gasteiger charge is -2.22. The van der Waals surface area contributed by atoms with Crippen LogP contribution in [-0.4, -0.2) is 16.9 Å². The summed E-state index contributed by atoms with van der Waals surface area (Å²) in [4.78, 5) is 23.5. The SMILES string of the molecule is CC(c1ccccc1)[C@@]12C(=O)CC[C@@H]1[C@@H]2C(=O)O. The summed E-state index contributed by atoms with van der Waals surface area (Å²) in [5.41, 5.74) is 0.453. The van der Waals surface area contributed by atoms with Gasteiger partial charge in [-0.15, -0.1) is 0 Å². The highest BCUT2D eigenvalue weighted by Crippen LogP contribution is 2.72. The maximum absolute atomic E-state index is 12.2. The van der Waals surface area contributed by atoms with Crippen molar-refractivity contribution in [1.82, 2.24) is 0 Å². The third-order valence-corrected chi connectivity index (χ3v) is 4.87. The van der Waals surface area contributed by atoms with Gasteiger partial charge in [0.2, 0.25) is 0 Å². The zero-order valence-corrected chi connectivity index (χ0v) is 10.3. The van der Waals surface area contributed by atoms with Crippen LogP contribution in [0.1, 0.15) is 31.2 Å². The first kappa shape index (κ1) is 11.5. The van der Waals surface area contributed by atoms with Gasteiger partial charge >= 0.3 is 5.97 Å². The maximum atomic E-state index is 12.2. The Bertz CT molecular complexity index is 508. The van der Waals surface area contributed by atoms with Gasteiger partial charge in [-0.1, -0.05) is 37.3 Å². The molecule has 1 N–H and O–H groups in total. The Morgan fingerprint density at radius 1 is 1.39 bits per heavy atom. The Hall–Kier alpha value is -1.64. The van der Waals surface area contributed by atoms with Gasteiger partial charge in [0.05, 0.1) is 11.3 Å². The molecule has 0 aliphatic heterocycles. The molecule has 1 aromatic rings. The summed E-state index contributed by atoms with van der Waals surface area (Å²) in [6, 6.07) is 9.78. The molecule has 0 amide bonds. The van der Waals surface area contributed by atoms with Crippen molar-refractivity contribution in [3.8, 4) is 0 Å². The Labute approximate surface area is 106 Å². The summed E-state index contributed by atoms with van der Waals surface area (Å²) in [5, 5.41) is 9.29. The smallest absolute Gasteiger partial charge is 0.307 e. The summed E-state index contributed by atoms with van der Waals surface area (Å²) in [5.74, 6) is -1.07. The van der Waals surface area contributed by atoms with Crippen LogP contribution in [0.2, 0.25) is 0 Å². The number of benzene rings is 1. The predicted octanol–water partition coefficient (Wildman–Crippen LogP) is 2.47. The lowest BCUT2D eigenvalue weighted by molar-refractivity contribution is -0.142. The number of carboxylic acids is 1. The summed E-state index contributed by atoms with van der Waals surface area (Å²) >= 11 is 0.